The second-order valence-electron chi connectivity index (χ2n) is 8.78. The van der Waals surface area contributed by atoms with Crippen molar-refractivity contribution < 1.29 is 14.2 Å². The summed E-state index contributed by atoms with van der Waals surface area (Å²) in [5.74, 6) is 1.73. The van der Waals surface area contributed by atoms with E-state index in [-0.39, 0.29) is 36.1 Å². The van der Waals surface area contributed by atoms with Crippen LogP contribution in [0.4, 0.5) is 0 Å². The molecule has 3 heterocycles. The van der Waals surface area contributed by atoms with Crippen LogP contribution in [0.2, 0.25) is 0 Å². The summed E-state index contributed by atoms with van der Waals surface area (Å²) in [7, 11) is 1.70. The minimum Gasteiger partial charge on any atom is -0.497 e. The molecule has 3 saturated heterocycles. The zero-order chi connectivity index (χ0) is 22.2. The molecule has 0 bridgehead atoms. The van der Waals surface area contributed by atoms with Crippen LogP contribution < -0.4 is 15.4 Å². The highest BCUT2D eigenvalue weighted by atomic mass is 127. The Hall–Kier alpha value is -1.14. The smallest absolute Gasteiger partial charge is 0.191 e. The molecular weight excluding hydrogens is 533 g/mol. The average molecular weight is 574 g/mol. The van der Waals surface area contributed by atoms with Gasteiger partial charge in [-0.2, -0.15) is 0 Å². The number of halogens is 1. The van der Waals surface area contributed by atoms with Gasteiger partial charge in [-0.25, -0.2) is 0 Å². The van der Waals surface area contributed by atoms with Crippen LogP contribution in [0.5, 0.6) is 5.75 Å². The van der Waals surface area contributed by atoms with Gasteiger partial charge in [-0.05, 0) is 44.0 Å². The third-order valence-electron chi connectivity index (χ3n) is 6.71. The predicted molar refractivity (Wildman–Crippen MR) is 142 cm³/mol. The van der Waals surface area contributed by atoms with Gasteiger partial charge in [0.05, 0.1) is 45.6 Å². The number of rotatable bonds is 8. The number of aliphatic imine (C=N–C) groups is 1. The molecule has 0 saturated carbocycles. The van der Waals surface area contributed by atoms with Crippen molar-refractivity contribution in [3.8, 4) is 5.75 Å². The number of fused-ring (bicyclic) bond motifs is 1. The molecule has 3 atom stereocenters. The first-order chi connectivity index (χ1) is 15.8. The number of benzene rings is 1. The van der Waals surface area contributed by atoms with Gasteiger partial charge < -0.3 is 24.8 Å². The van der Waals surface area contributed by atoms with Gasteiger partial charge in [0.25, 0.3) is 0 Å². The fourth-order valence-corrected chi connectivity index (χ4v) is 4.89. The summed E-state index contributed by atoms with van der Waals surface area (Å²) in [6.45, 7) is 10.9. The zero-order valence-corrected chi connectivity index (χ0v) is 22.3. The predicted octanol–water partition coefficient (Wildman–Crippen LogP) is 2.10. The summed E-state index contributed by atoms with van der Waals surface area (Å²) >= 11 is 0. The first-order valence-electron chi connectivity index (χ1n) is 12.1. The van der Waals surface area contributed by atoms with E-state index >= 15 is 0 Å². The van der Waals surface area contributed by atoms with E-state index in [1.54, 1.807) is 7.11 Å². The summed E-state index contributed by atoms with van der Waals surface area (Å²) < 4.78 is 17.0. The van der Waals surface area contributed by atoms with E-state index in [1.807, 2.05) is 12.1 Å². The average Bonchev–Trinajstić information content (AvgIpc) is 3.31. The van der Waals surface area contributed by atoms with Crippen molar-refractivity contribution in [3.05, 3.63) is 29.8 Å². The molecule has 3 aliphatic rings. The van der Waals surface area contributed by atoms with E-state index in [2.05, 4.69) is 39.5 Å². The Balaban J connectivity index is 0.00000306. The van der Waals surface area contributed by atoms with Crippen molar-refractivity contribution in [3.63, 3.8) is 0 Å². The van der Waals surface area contributed by atoms with Crippen molar-refractivity contribution in [2.75, 3.05) is 72.7 Å². The van der Waals surface area contributed by atoms with Gasteiger partial charge in [-0.15, -0.1) is 24.0 Å². The van der Waals surface area contributed by atoms with Crippen molar-refractivity contribution >= 4 is 29.9 Å². The quantitative estimate of drug-likeness (QED) is 0.281. The molecule has 9 heteroatoms. The molecule has 3 unspecified atom stereocenters. The largest absolute Gasteiger partial charge is 0.497 e. The topological polar surface area (TPSA) is 70.6 Å². The number of guanidine groups is 1. The number of nitrogens with zero attached hydrogens (tertiary/aromatic N) is 3. The molecule has 0 amide bonds. The van der Waals surface area contributed by atoms with E-state index in [0.29, 0.717) is 12.6 Å². The van der Waals surface area contributed by atoms with Crippen molar-refractivity contribution in [2.24, 2.45) is 4.99 Å². The Bertz CT molecular complexity index is 729. The summed E-state index contributed by atoms with van der Waals surface area (Å²) in [4.78, 5) is 10.0. The van der Waals surface area contributed by atoms with E-state index in [9.17, 15) is 0 Å². The van der Waals surface area contributed by atoms with Gasteiger partial charge in [0.1, 0.15) is 5.75 Å². The monoisotopic (exact) mass is 573 g/mol. The van der Waals surface area contributed by atoms with E-state index in [1.165, 1.54) is 24.9 Å². The molecule has 186 valence electrons. The molecule has 1 aromatic carbocycles. The summed E-state index contributed by atoms with van der Waals surface area (Å²) in [6, 6.07) is 9.20. The second-order valence-corrected chi connectivity index (χ2v) is 8.78. The Morgan fingerprint density at radius 3 is 2.70 bits per heavy atom. The maximum atomic E-state index is 6.11. The molecule has 1 aromatic rings. The molecule has 8 nitrogen and oxygen atoms in total. The van der Waals surface area contributed by atoms with Crippen LogP contribution in [0.3, 0.4) is 0 Å². The number of methoxy groups -OCH3 is 1. The van der Waals surface area contributed by atoms with Gasteiger partial charge in [-0.1, -0.05) is 12.1 Å². The lowest BCUT2D eigenvalue weighted by Crippen LogP contribution is -2.51. The molecule has 0 radical (unpaired) electrons. The van der Waals surface area contributed by atoms with Crippen LogP contribution in [0.25, 0.3) is 0 Å². The fraction of sp³-hybridized carbons (Fsp3) is 0.708. The molecule has 0 aromatic heterocycles. The van der Waals surface area contributed by atoms with Crippen LogP contribution in [-0.4, -0.2) is 101 Å². The number of nitrogens with one attached hydrogen (secondary N) is 2. The molecule has 0 spiro atoms. The number of ether oxygens (including phenoxy) is 3. The van der Waals surface area contributed by atoms with Crippen LogP contribution in [0, 0.1) is 0 Å². The maximum Gasteiger partial charge on any atom is 0.191 e. The van der Waals surface area contributed by atoms with E-state index in [0.717, 1.165) is 64.3 Å². The Kier molecular flexibility index (Phi) is 11.0. The maximum absolute atomic E-state index is 6.11. The third-order valence-corrected chi connectivity index (χ3v) is 6.71. The molecule has 0 aliphatic carbocycles. The van der Waals surface area contributed by atoms with Gasteiger partial charge in [-0.3, -0.25) is 14.8 Å². The van der Waals surface area contributed by atoms with E-state index < -0.39 is 0 Å². The van der Waals surface area contributed by atoms with Crippen molar-refractivity contribution in [1.82, 2.24) is 20.4 Å². The van der Waals surface area contributed by atoms with Crippen LogP contribution in [-0.2, 0) is 9.47 Å². The highest BCUT2D eigenvalue weighted by Gasteiger charge is 2.32. The first-order valence-corrected chi connectivity index (χ1v) is 12.1. The van der Waals surface area contributed by atoms with Gasteiger partial charge in [0.15, 0.2) is 5.96 Å². The first kappa shape index (κ1) is 26.5. The van der Waals surface area contributed by atoms with E-state index in [4.69, 9.17) is 19.2 Å². The van der Waals surface area contributed by atoms with Gasteiger partial charge in [0.2, 0.25) is 0 Å². The standard InChI is InChI=1S/C24H39N5O3.HI/c1-3-25-24(26-15-22-17-29-10-4-5-20(29)18-32-22)27-16-23(28-11-13-31-14-12-28)19-6-8-21(30-2)9-7-19;/h6-9,20,22-23H,3-5,10-18H2,1-2H3,(H2,25,26,27);1H. The number of morpholine rings is 2. The van der Waals surface area contributed by atoms with Crippen molar-refractivity contribution in [2.45, 2.75) is 38.0 Å². The highest BCUT2D eigenvalue weighted by Crippen LogP contribution is 2.25. The highest BCUT2D eigenvalue weighted by molar-refractivity contribution is 14.0. The van der Waals surface area contributed by atoms with Gasteiger partial charge in [0, 0.05) is 38.8 Å². The Labute approximate surface area is 215 Å². The fourth-order valence-electron chi connectivity index (χ4n) is 4.89. The lowest BCUT2D eigenvalue weighted by atomic mass is 10.0. The van der Waals surface area contributed by atoms with Crippen LogP contribution in [0.1, 0.15) is 31.4 Å². The van der Waals surface area contributed by atoms with Gasteiger partial charge >= 0.3 is 0 Å². The minimum absolute atomic E-state index is 0. The molecule has 3 aliphatic heterocycles. The zero-order valence-electron chi connectivity index (χ0n) is 20.0. The molecule has 4 rings (SSSR count). The molecular formula is C24H40IN5O3. The SMILES string of the molecule is CCNC(=NCC(c1ccc(OC)cc1)N1CCOCC1)NCC1CN2CCCC2CO1.I. The lowest BCUT2D eigenvalue weighted by molar-refractivity contribution is -0.0453. The second kappa shape index (κ2) is 13.7. The Morgan fingerprint density at radius 2 is 1.97 bits per heavy atom. The summed E-state index contributed by atoms with van der Waals surface area (Å²) in [5, 5.41) is 6.93. The minimum atomic E-state index is 0. The molecule has 3 fully saturated rings. The summed E-state index contributed by atoms with van der Waals surface area (Å²) in [5.41, 5.74) is 1.25. The number of hydrogen-bond acceptors (Lipinski definition) is 6. The Morgan fingerprint density at radius 1 is 1.18 bits per heavy atom. The summed E-state index contributed by atoms with van der Waals surface area (Å²) in [6.07, 6.45) is 2.79. The normalized spacial score (nSPS) is 25.1. The van der Waals surface area contributed by atoms with Crippen molar-refractivity contribution in [1.29, 1.82) is 0 Å². The lowest BCUT2D eigenvalue weighted by Gasteiger charge is -2.35. The molecule has 2 N–H and O–H groups in total. The number of hydrogen-bond donors (Lipinski definition) is 2. The molecule has 33 heavy (non-hydrogen) atoms. The van der Waals surface area contributed by atoms with Crippen LogP contribution >= 0.6 is 24.0 Å². The van der Waals surface area contributed by atoms with Crippen LogP contribution in [0.15, 0.2) is 29.3 Å². The third kappa shape index (κ3) is 7.42.